The van der Waals surface area contributed by atoms with Gasteiger partial charge in [0.1, 0.15) is 11.0 Å². The Kier molecular flexibility index (Phi) is 5.53. The van der Waals surface area contributed by atoms with E-state index in [-0.39, 0.29) is 0 Å². The summed E-state index contributed by atoms with van der Waals surface area (Å²) in [6.07, 6.45) is 6.98. The van der Waals surface area contributed by atoms with Crippen LogP contribution in [-0.4, -0.2) is 35.5 Å². The lowest BCUT2D eigenvalue weighted by molar-refractivity contribution is 0.0134. The van der Waals surface area contributed by atoms with Crippen LogP contribution in [-0.2, 0) is 4.74 Å². The van der Waals surface area contributed by atoms with Crippen molar-refractivity contribution in [1.29, 1.82) is 0 Å². The molecule has 4 nitrogen and oxygen atoms in total. The molecule has 0 amide bonds. The number of rotatable bonds is 5. The van der Waals surface area contributed by atoms with E-state index in [4.69, 9.17) is 16.3 Å². The van der Waals surface area contributed by atoms with E-state index in [0.29, 0.717) is 16.4 Å². The van der Waals surface area contributed by atoms with Crippen LogP contribution in [0.1, 0.15) is 25.7 Å². The van der Waals surface area contributed by atoms with Gasteiger partial charge in [-0.15, -0.1) is 0 Å². The van der Waals surface area contributed by atoms with E-state index in [9.17, 15) is 0 Å². The minimum atomic E-state index is 0.392. The molecule has 1 aliphatic rings. The Morgan fingerprint density at radius 3 is 3.11 bits per heavy atom. The first-order valence-electron chi connectivity index (χ1n) is 6.22. The number of halogens is 1. The van der Waals surface area contributed by atoms with E-state index < -0.39 is 0 Å². The first kappa shape index (κ1) is 13.9. The number of ether oxygens (including phenoxy) is 1. The van der Waals surface area contributed by atoms with Gasteiger partial charge in [-0.05, 0) is 31.9 Å². The molecule has 1 fully saturated rings. The molecule has 0 saturated carbocycles. The highest BCUT2D eigenvalue weighted by atomic mass is 35.5. The van der Waals surface area contributed by atoms with E-state index in [0.717, 1.165) is 25.4 Å². The van der Waals surface area contributed by atoms with Crippen molar-refractivity contribution in [2.75, 3.05) is 24.7 Å². The van der Waals surface area contributed by atoms with Crippen molar-refractivity contribution >= 4 is 29.2 Å². The minimum absolute atomic E-state index is 0.392. The monoisotopic (exact) mass is 287 g/mol. The van der Waals surface area contributed by atoms with E-state index in [1.54, 1.807) is 6.07 Å². The van der Waals surface area contributed by atoms with Gasteiger partial charge in [0.2, 0.25) is 0 Å². The summed E-state index contributed by atoms with van der Waals surface area (Å²) in [6.45, 7) is 1.76. The standard InChI is InChI=1S/C12H18ClN3OS/c1-18-12-15-10(13)8-11(16-12)14-6-5-9-4-2-3-7-17-9/h8-9H,2-7H2,1H3,(H,14,15,16). The second-order valence-electron chi connectivity index (χ2n) is 4.27. The van der Waals surface area contributed by atoms with Gasteiger partial charge in [-0.1, -0.05) is 23.4 Å². The summed E-state index contributed by atoms with van der Waals surface area (Å²) in [7, 11) is 0. The van der Waals surface area contributed by atoms with Gasteiger partial charge in [-0.2, -0.15) is 0 Å². The second-order valence-corrected chi connectivity index (χ2v) is 5.43. The normalized spacial score (nSPS) is 19.8. The summed E-state index contributed by atoms with van der Waals surface area (Å²) in [6, 6.07) is 1.75. The number of nitrogens with one attached hydrogen (secondary N) is 1. The zero-order valence-electron chi connectivity index (χ0n) is 10.5. The average Bonchev–Trinajstić information content (AvgIpc) is 2.39. The Hall–Kier alpha value is -0.520. The van der Waals surface area contributed by atoms with E-state index >= 15 is 0 Å². The molecule has 0 aliphatic carbocycles. The summed E-state index contributed by atoms with van der Waals surface area (Å²) in [5.41, 5.74) is 0. The van der Waals surface area contributed by atoms with Crippen LogP contribution >= 0.6 is 23.4 Å². The number of nitrogens with zero attached hydrogens (tertiary/aromatic N) is 2. The lowest BCUT2D eigenvalue weighted by atomic mass is 10.1. The van der Waals surface area contributed by atoms with E-state index in [1.165, 1.54) is 31.0 Å². The number of hydrogen-bond acceptors (Lipinski definition) is 5. The van der Waals surface area contributed by atoms with Gasteiger partial charge in [-0.3, -0.25) is 0 Å². The molecular weight excluding hydrogens is 270 g/mol. The number of hydrogen-bond donors (Lipinski definition) is 1. The summed E-state index contributed by atoms with van der Waals surface area (Å²) in [5, 5.41) is 4.45. The lowest BCUT2D eigenvalue weighted by Crippen LogP contribution is -2.22. The predicted octanol–water partition coefficient (Wildman–Crippen LogP) is 3.22. The molecule has 18 heavy (non-hydrogen) atoms. The Morgan fingerprint density at radius 2 is 2.39 bits per heavy atom. The molecule has 1 saturated heterocycles. The van der Waals surface area contributed by atoms with Crippen molar-refractivity contribution in [1.82, 2.24) is 9.97 Å². The molecule has 0 bridgehead atoms. The molecule has 2 heterocycles. The van der Waals surface area contributed by atoms with Crippen LogP contribution in [0.25, 0.3) is 0 Å². The summed E-state index contributed by atoms with van der Waals surface area (Å²) in [4.78, 5) is 8.45. The minimum Gasteiger partial charge on any atom is -0.378 e. The van der Waals surface area contributed by atoms with Crippen molar-refractivity contribution < 1.29 is 4.74 Å². The Morgan fingerprint density at radius 1 is 1.50 bits per heavy atom. The zero-order chi connectivity index (χ0) is 12.8. The Bertz CT molecular complexity index is 386. The third kappa shape index (κ3) is 4.30. The highest BCUT2D eigenvalue weighted by Crippen LogP contribution is 2.18. The van der Waals surface area contributed by atoms with Gasteiger partial charge in [-0.25, -0.2) is 9.97 Å². The van der Waals surface area contributed by atoms with Crippen LogP contribution in [0.15, 0.2) is 11.2 Å². The maximum absolute atomic E-state index is 5.93. The third-order valence-electron chi connectivity index (χ3n) is 2.90. The fraction of sp³-hybridized carbons (Fsp3) is 0.667. The Labute approximate surface area is 117 Å². The second kappa shape index (κ2) is 7.16. The van der Waals surface area contributed by atoms with Gasteiger partial charge in [0, 0.05) is 19.2 Å². The summed E-state index contributed by atoms with van der Waals surface area (Å²) >= 11 is 7.41. The third-order valence-corrected chi connectivity index (χ3v) is 3.64. The lowest BCUT2D eigenvalue weighted by Gasteiger charge is -2.22. The van der Waals surface area contributed by atoms with Crippen LogP contribution in [0.2, 0.25) is 5.15 Å². The number of thioether (sulfide) groups is 1. The molecule has 0 spiro atoms. The smallest absolute Gasteiger partial charge is 0.190 e. The molecule has 1 aromatic rings. The quantitative estimate of drug-likeness (QED) is 0.512. The van der Waals surface area contributed by atoms with Crippen LogP contribution in [0.4, 0.5) is 5.82 Å². The van der Waals surface area contributed by atoms with Gasteiger partial charge in [0.25, 0.3) is 0 Å². The highest BCUT2D eigenvalue weighted by molar-refractivity contribution is 7.98. The van der Waals surface area contributed by atoms with E-state index in [1.807, 2.05) is 6.26 Å². The van der Waals surface area contributed by atoms with Gasteiger partial charge >= 0.3 is 0 Å². The summed E-state index contributed by atoms with van der Waals surface area (Å²) in [5.74, 6) is 0.787. The predicted molar refractivity (Wildman–Crippen MR) is 75.5 cm³/mol. The first-order valence-corrected chi connectivity index (χ1v) is 7.82. The average molecular weight is 288 g/mol. The maximum atomic E-state index is 5.93. The molecule has 1 aliphatic heterocycles. The molecule has 2 rings (SSSR count). The van der Waals surface area contributed by atoms with E-state index in [2.05, 4.69) is 15.3 Å². The van der Waals surface area contributed by atoms with Crippen molar-refractivity contribution in [3.8, 4) is 0 Å². The van der Waals surface area contributed by atoms with Crippen LogP contribution in [0.5, 0.6) is 0 Å². The molecule has 100 valence electrons. The fourth-order valence-corrected chi connectivity index (χ4v) is 2.59. The van der Waals surface area contributed by atoms with Crippen LogP contribution in [0.3, 0.4) is 0 Å². The molecule has 1 aromatic heterocycles. The van der Waals surface area contributed by atoms with Crippen LogP contribution < -0.4 is 5.32 Å². The topological polar surface area (TPSA) is 47.0 Å². The molecule has 1 N–H and O–H groups in total. The molecule has 0 aromatic carbocycles. The van der Waals surface area contributed by atoms with Crippen molar-refractivity contribution in [3.63, 3.8) is 0 Å². The zero-order valence-corrected chi connectivity index (χ0v) is 12.1. The Balaban J connectivity index is 1.80. The van der Waals surface area contributed by atoms with Crippen molar-refractivity contribution in [2.45, 2.75) is 36.9 Å². The molecular formula is C12H18ClN3OS. The SMILES string of the molecule is CSc1nc(Cl)cc(NCCC2CCCCO2)n1. The molecule has 0 radical (unpaired) electrons. The molecule has 1 atom stereocenters. The maximum Gasteiger partial charge on any atom is 0.190 e. The molecule has 6 heteroatoms. The molecule has 1 unspecified atom stereocenters. The van der Waals surface area contributed by atoms with Gasteiger partial charge in [0.15, 0.2) is 5.16 Å². The summed E-state index contributed by atoms with van der Waals surface area (Å²) < 4.78 is 5.68. The highest BCUT2D eigenvalue weighted by Gasteiger charge is 2.13. The van der Waals surface area contributed by atoms with Crippen molar-refractivity contribution in [2.24, 2.45) is 0 Å². The first-order chi connectivity index (χ1) is 8.78. The largest absolute Gasteiger partial charge is 0.378 e. The van der Waals surface area contributed by atoms with Crippen LogP contribution in [0, 0.1) is 0 Å². The number of aromatic nitrogens is 2. The van der Waals surface area contributed by atoms with Gasteiger partial charge < -0.3 is 10.1 Å². The fourth-order valence-electron chi connectivity index (χ4n) is 1.97. The van der Waals surface area contributed by atoms with Crippen molar-refractivity contribution in [3.05, 3.63) is 11.2 Å². The number of anilines is 1. The van der Waals surface area contributed by atoms with Gasteiger partial charge in [0.05, 0.1) is 6.10 Å².